The average Bonchev–Trinajstić information content (AvgIpc) is 2.41. The van der Waals surface area contributed by atoms with Crippen LogP contribution in [0.4, 0.5) is 17.6 Å². The van der Waals surface area contributed by atoms with E-state index in [0.717, 1.165) is 12.1 Å². The van der Waals surface area contributed by atoms with Gasteiger partial charge in [-0.25, -0.2) is 4.39 Å². The van der Waals surface area contributed by atoms with Crippen LogP contribution in [0.2, 0.25) is 5.02 Å². The molecule has 110 valence electrons. The molecule has 0 atom stereocenters. The predicted octanol–water partition coefficient (Wildman–Crippen LogP) is 4.92. The van der Waals surface area contributed by atoms with Gasteiger partial charge in [0, 0.05) is 6.42 Å². The summed E-state index contributed by atoms with van der Waals surface area (Å²) in [6, 6.07) is 8.32. The fraction of sp³-hybridized carbons (Fsp3) is 0.133. The molecule has 0 amide bonds. The summed E-state index contributed by atoms with van der Waals surface area (Å²) < 4.78 is 51.4. The number of ketones is 1. The van der Waals surface area contributed by atoms with E-state index >= 15 is 0 Å². The van der Waals surface area contributed by atoms with E-state index in [-0.39, 0.29) is 22.6 Å². The molecular formula is C15H9ClF4O. The smallest absolute Gasteiger partial charge is 0.294 e. The first kappa shape index (κ1) is 15.5. The average molecular weight is 317 g/mol. The fourth-order valence-electron chi connectivity index (χ4n) is 1.86. The monoisotopic (exact) mass is 316 g/mol. The van der Waals surface area contributed by atoms with Crippen LogP contribution in [0.3, 0.4) is 0 Å². The topological polar surface area (TPSA) is 17.1 Å². The van der Waals surface area contributed by atoms with Crippen molar-refractivity contribution in [2.45, 2.75) is 12.6 Å². The highest BCUT2D eigenvalue weighted by Crippen LogP contribution is 2.30. The largest absolute Gasteiger partial charge is 0.416 e. The van der Waals surface area contributed by atoms with Crippen LogP contribution in [-0.2, 0) is 12.6 Å². The van der Waals surface area contributed by atoms with Crippen LogP contribution in [-0.4, -0.2) is 5.78 Å². The van der Waals surface area contributed by atoms with Crippen LogP contribution >= 0.6 is 11.6 Å². The summed E-state index contributed by atoms with van der Waals surface area (Å²) in [7, 11) is 0. The van der Waals surface area contributed by atoms with E-state index in [0.29, 0.717) is 0 Å². The molecule has 0 N–H and O–H groups in total. The lowest BCUT2D eigenvalue weighted by atomic mass is 10.0. The summed E-state index contributed by atoms with van der Waals surface area (Å²) in [4.78, 5) is 12.0. The van der Waals surface area contributed by atoms with E-state index < -0.39 is 23.3 Å². The van der Waals surface area contributed by atoms with E-state index in [4.69, 9.17) is 11.6 Å². The number of carbonyl (C=O) groups excluding carboxylic acids is 1. The lowest BCUT2D eigenvalue weighted by Gasteiger charge is -2.09. The summed E-state index contributed by atoms with van der Waals surface area (Å²) in [5.74, 6) is -1.49. The molecule has 21 heavy (non-hydrogen) atoms. The van der Waals surface area contributed by atoms with E-state index in [2.05, 4.69) is 0 Å². The Bertz CT molecular complexity index is 680. The molecule has 1 nitrogen and oxygen atoms in total. The third-order valence-corrected chi connectivity index (χ3v) is 3.16. The Morgan fingerprint density at radius 2 is 1.76 bits per heavy atom. The zero-order valence-corrected chi connectivity index (χ0v) is 11.3. The normalized spacial score (nSPS) is 11.5. The van der Waals surface area contributed by atoms with Gasteiger partial charge >= 0.3 is 6.18 Å². The summed E-state index contributed by atoms with van der Waals surface area (Å²) >= 11 is 5.57. The van der Waals surface area contributed by atoms with Gasteiger partial charge in [-0.05, 0) is 23.8 Å². The van der Waals surface area contributed by atoms with Crippen molar-refractivity contribution in [1.82, 2.24) is 0 Å². The molecule has 6 heteroatoms. The Morgan fingerprint density at radius 1 is 1.10 bits per heavy atom. The molecule has 0 spiro atoms. The molecule has 0 aromatic heterocycles. The van der Waals surface area contributed by atoms with Crippen molar-refractivity contribution < 1.29 is 22.4 Å². The van der Waals surface area contributed by atoms with E-state index in [9.17, 15) is 22.4 Å². The first-order valence-corrected chi connectivity index (χ1v) is 6.30. The second kappa shape index (κ2) is 5.85. The van der Waals surface area contributed by atoms with Crippen molar-refractivity contribution >= 4 is 17.4 Å². The van der Waals surface area contributed by atoms with Crippen molar-refractivity contribution in [2.24, 2.45) is 0 Å². The van der Waals surface area contributed by atoms with Crippen LogP contribution in [0.15, 0.2) is 42.5 Å². The van der Waals surface area contributed by atoms with Gasteiger partial charge in [0.2, 0.25) is 0 Å². The standard InChI is InChI=1S/C15H9ClF4O/c16-12-6-2-5-11(14(12)17)13(21)8-9-3-1-4-10(7-9)15(18,19)20/h1-7H,8H2. The number of benzene rings is 2. The summed E-state index contributed by atoms with van der Waals surface area (Å²) in [5.41, 5.74) is -0.923. The molecule has 2 aromatic carbocycles. The molecule has 0 radical (unpaired) electrons. The second-order valence-electron chi connectivity index (χ2n) is 4.40. The minimum Gasteiger partial charge on any atom is -0.294 e. The number of hydrogen-bond donors (Lipinski definition) is 0. The quantitative estimate of drug-likeness (QED) is 0.580. The molecule has 2 aromatic rings. The van der Waals surface area contributed by atoms with E-state index in [1.54, 1.807) is 0 Å². The van der Waals surface area contributed by atoms with Crippen LogP contribution in [0, 0.1) is 5.82 Å². The number of Topliss-reactive ketones (excluding diaryl/α,β-unsaturated/α-hetero) is 1. The molecule has 0 saturated carbocycles. The third kappa shape index (κ3) is 3.61. The number of alkyl halides is 3. The highest BCUT2D eigenvalue weighted by atomic mass is 35.5. The van der Waals surface area contributed by atoms with Gasteiger partial charge in [-0.1, -0.05) is 35.9 Å². The molecule has 0 aliphatic heterocycles. The van der Waals surface area contributed by atoms with Crippen LogP contribution in [0.25, 0.3) is 0 Å². The minimum atomic E-state index is -4.49. The SMILES string of the molecule is O=C(Cc1cccc(C(F)(F)F)c1)c1cccc(Cl)c1F. The lowest BCUT2D eigenvalue weighted by Crippen LogP contribution is -2.09. The molecular weight excluding hydrogens is 308 g/mol. The first-order valence-electron chi connectivity index (χ1n) is 5.92. The van der Waals surface area contributed by atoms with Crippen molar-refractivity contribution in [3.63, 3.8) is 0 Å². The number of hydrogen-bond acceptors (Lipinski definition) is 1. The maximum atomic E-state index is 13.7. The Balaban J connectivity index is 2.26. The molecule has 0 aliphatic rings. The zero-order valence-electron chi connectivity index (χ0n) is 10.5. The molecule has 0 heterocycles. The Morgan fingerprint density at radius 3 is 2.43 bits per heavy atom. The Labute approximate surface area is 123 Å². The predicted molar refractivity (Wildman–Crippen MR) is 70.9 cm³/mol. The van der Waals surface area contributed by atoms with E-state index in [1.165, 1.54) is 30.3 Å². The van der Waals surface area contributed by atoms with Crippen molar-refractivity contribution in [1.29, 1.82) is 0 Å². The minimum absolute atomic E-state index is 0.161. The van der Waals surface area contributed by atoms with Gasteiger partial charge < -0.3 is 0 Å². The molecule has 0 unspecified atom stereocenters. The van der Waals surface area contributed by atoms with E-state index in [1.807, 2.05) is 0 Å². The highest BCUT2D eigenvalue weighted by molar-refractivity contribution is 6.31. The van der Waals surface area contributed by atoms with Crippen molar-refractivity contribution in [3.8, 4) is 0 Å². The van der Waals surface area contributed by atoms with Crippen LogP contribution in [0.1, 0.15) is 21.5 Å². The van der Waals surface area contributed by atoms with Gasteiger partial charge in [0.15, 0.2) is 11.6 Å². The van der Waals surface area contributed by atoms with Crippen LogP contribution < -0.4 is 0 Å². The molecule has 2 rings (SSSR count). The molecule has 0 saturated heterocycles. The summed E-state index contributed by atoms with van der Waals surface area (Å²) in [6.45, 7) is 0. The second-order valence-corrected chi connectivity index (χ2v) is 4.81. The number of halogens is 5. The molecule has 0 bridgehead atoms. The number of carbonyl (C=O) groups is 1. The molecule has 0 fully saturated rings. The summed E-state index contributed by atoms with van der Waals surface area (Å²) in [6.07, 6.45) is -4.82. The van der Waals surface area contributed by atoms with Crippen LogP contribution in [0.5, 0.6) is 0 Å². The fourth-order valence-corrected chi connectivity index (χ4v) is 2.03. The Hall–Kier alpha value is -1.88. The van der Waals surface area contributed by atoms with Gasteiger partial charge in [0.1, 0.15) is 0 Å². The van der Waals surface area contributed by atoms with Gasteiger partial charge in [0.25, 0.3) is 0 Å². The van der Waals surface area contributed by atoms with Gasteiger partial charge in [-0.2, -0.15) is 13.2 Å². The van der Waals surface area contributed by atoms with Gasteiger partial charge in [-0.3, -0.25) is 4.79 Å². The zero-order chi connectivity index (χ0) is 15.6. The Kier molecular flexibility index (Phi) is 4.32. The number of rotatable bonds is 3. The highest BCUT2D eigenvalue weighted by Gasteiger charge is 2.30. The van der Waals surface area contributed by atoms with Gasteiger partial charge in [-0.15, -0.1) is 0 Å². The maximum absolute atomic E-state index is 13.7. The lowest BCUT2D eigenvalue weighted by molar-refractivity contribution is -0.137. The maximum Gasteiger partial charge on any atom is 0.416 e. The third-order valence-electron chi connectivity index (χ3n) is 2.87. The molecule has 0 aliphatic carbocycles. The first-order chi connectivity index (χ1) is 9.79. The van der Waals surface area contributed by atoms with Crippen molar-refractivity contribution in [3.05, 3.63) is 70.0 Å². The van der Waals surface area contributed by atoms with Crippen molar-refractivity contribution in [2.75, 3.05) is 0 Å². The van der Waals surface area contributed by atoms with Gasteiger partial charge in [0.05, 0.1) is 16.1 Å². The summed E-state index contributed by atoms with van der Waals surface area (Å²) in [5, 5.41) is -0.204.